The van der Waals surface area contributed by atoms with E-state index in [-0.39, 0.29) is 18.3 Å². The van der Waals surface area contributed by atoms with Crippen molar-refractivity contribution in [2.75, 3.05) is 31.2 Å². The molecule has 0 saturated carbocycles. The number of ether oxygens (including phenoxy) is 1. The maximum absolute atomic E-state index is 10.7. The van der Waals surface area contributed by atoms with Gasteiger partial charge in [0.05, 0.1) is 24.9 Å². The Bertz CT molecular complexity index is 390. The molecule has 1 fully saturated rings. The van der Waals surface area contributed by atoms with Crippen LogP contribution in [0.4, 0.5) is 5.69 Å². The van der Waals surface area contributed by atoms with E-state index >= 15 is 0 Å². The number of carbonyl (C=O) groups is 1. The Hall–Kier alpha value is -1.59. The number of nitrogens with zero attached hydrogens (tertiary/aromatic N) is 1. The summed E-state index contributed by atoms with van der Waals surface area (Å²) in [6.45, 7) is 1.96. The molecule has 17 heavy (non-hydrogen) atoms. The summed E-state index contributed by atoms with van der Waals surface area (Å²) in [7, 11) is 0. The molecule has 0 spiro atoms. The van der Waals surface area contributed by atoms with Crippen LogP contribution in [0.3, 0.4) is 0 Å². The molecule has 1 unspecified atom stereocenters. The number of benzene rings is 1. The molecule has 0 aromatic heterocycles. The van der Waals surface area contributed by atoms with Gasteiger partial charge in [-0.3, -0.25) is 0 Å². The monoisotopic (exact) mass is 237 g/mol. The van der Waals surface area contributed by atoms with Crippen molar-refractivity contribution in [2.24, 2.45) is 0 Å². The van der Waals surface area contributed by atoms with Crippen LogP contribution < -0.4 is 4.90 Å². The molecule has 0 aliphatic carbocycles. The molecular weight excluding hydrogens is 222 g/mol. The van der Waals surface area contributed by atoms with Gasteiger partial charge in [-0.25, -0.2) is 4.79 Å². The van der Waals surface area contributed by atoms with Gasteiger partial charge in [-0.15, -0.1) is 0 Å². The zero-order valence-corrected chi connectivity index (χ0v) is 9.37. The summed E-state index contributed by atoms with van der Waals surface area (Å²) in [5.74, 6) is -0.924. The van der Waals surface area contributed by atoms with Crippen molar-refractivity contribution >= 4 is 11.7 Å². The second-order valence-electron chi connectivity index (χ2n) is 3.97. The average molecular weight is 237 g/mol. The lowest BCUT2D eigenvalue weighted by molar-refractivity contribution is 0.00356. The number of morpholine rings is 1. The van der Waals surface area contributed by atoms with Crippen LogP contribution in [-0.4, -0.2) is 48.6 Å². The fraction of sp³-hybridized carbons (Fsp3) is 0.417. The molecule has 1 aromatic carbocycles. The average Bonchev–Trinajstić information content (AvgIpc) is 2.39. The minimum absolute atomic E-state index is 0.00368. The Kier molecular flexibility index (Phi) is 3.61. The Morgan fingerprint density at radius 2 is 2.12 bits per heavy atom. The third kappa shape index (κ3) is 2.75. The van der Waals surface area contributed by atoms with E-state index in [1.54, 1.807) is 24.3 Å². The van der Waals surface area contributed by atoms with Crippen LogP contribution in [0.25, 0.3) is 0 Å². The summed E-state index contributed by atoms with van der Waals surface area (Å²) in [5.41, 5.74) is 1.23. The van der Waals surface area contributed by atoms with Gasteiger partial charge in [0.1, 0.15) is 0 Å². The maximum Gasteiger partial charge on any atom is 0.335 e. The highest BCUT2D eigenvalue weighted by Gasteiger charge is 2.19. The van der Waals surface area contributed by atoms with E-state index in [0.29, 0.717) is 13.2 Å². The van der Waals surface area contributed by atoms with Crippen molar-refractivity contribution in [3.8, 4) is 0 Å². The van der Waals surface area contributed by atoms with E-state index < -0.39 is 5.97 Å². The summed E-state index contributed by atoms with van der Waals surface area (Å²) in [6, 6.07) is 6.73. The second-order valence-corrected chi connectivity index (χ2v) is 3.97. The van der Waals surface area contributed by atoms with Crippen LogP contribution >= 0.6 is 0 Å². The molecule has 1 heterocycles. The summed E-state index contributed by atoms with van der Waals surface area (Å²) in [6.07, 6.45) is -0.164. The number of aromatic carboxylic acids is 1. The maximum atomic E-state index is 10.7. The van der Waals surface area contributed by atoms with Crippen molar-refractivity contribution in [3.05, 3.63) is 29.8 Å². The van der Waals surface area contributed by atoms with Crippen LogP contribution in [-0.2, 0) is 4.74 Å². The van der Waals surface area contributed by atoms with Gasteiger partial charge < -0.3 is 19.8 Å². The number of hydrogen-bond acceptors (Lipinski definition) is 4. The Balaban J connectivity index is 2.08. The van der Waals surface area contributed by atoms with E-state index in [1.807, 2.05) is 0 Å². The summed E-state index contributed by atoms with van der Waals surface area (Å²) in [5, 5.41) is 17.8. The smallest absolute Gasteiger partial charge is 0.335 e. The molecule has 2 rings (SSSR count). The predicted molar refractivity (Wildman–Crippen MR) is 62.4 cm³/mol. The topological polar surface area (TPSA) is 70.0 Å². The lowest BCUT2D eigenvalue weighted by atomic mass is 10.2. The van der Waals surface area contributed by atoms with E-state index in [2.05, 4.69) is 4.90 Å². The van der Waals surface area contributed by atoms with Gasteiger partial charge in [0.2, 0.25) is 0 Å². The molecule has 1 saturated heterocycles. The Morgan fingerprint density at radius 3 is 2.71 bits per heavy atom. The highest BCUT2D eigenvalue weighted by Crippen LogP contribution is 2.18. The molecule has 1 atom stereocenters. The van der Waals surface area contributed by atoms with Gasteiger partial charge in [0.15, 0.2) is 0 Å². The first-order valence-electron chi connectivity index (χ1n) is 5.51. The minimum Gasteiger partial charge on any atom is -0.478 e. The number of anilines is 1. The summed E-state index contributed by atoms with van der Waals surface area (Å²) >= 11 is 0. The van der Waals surface area contributed by atoms with E-state index in [0.717, 1.165) is 12.2 Å². The van der Waals surface area contributed by atoms with Crippen LogP contribution in [0.15, 0.2) is 24.3 Å². The second kappa shape index (κ2) is 5.16. The quantitative estimate of drug-likeness (QED) is 0.804. The van der Waals surface area contributed by atoms with Gasteiger partial charge in [0, 0.05) is 18.8 Å². The molecular formula is C12H15NO4. The number of hydrogen-bond donors (Lipinski definition) is 2. The van der Waals surface area contributed by atoms with Gasteiger partial charge in [-0.1, -0.05) is 0 Å². The minimum atomic E-state index is -0.924. The summed E-state index contributed by atoms with van der Waals surface area (Å²) < 4.78 is 5.36. The zero-order valence-electron chi connectivity index (χ0n) is 9.37. The number of aliphatic hydroxyl groups is 1. The van der Waals surface area contributed by atoms with E-state index in [1.165, 1.54) is 0 Å². The molecule has 2 N–H and O–H groups in total. The van der Waals surface area contributed by atoms with Crippen LogP contribution in [0.5, 0.6) is 0 Å². The lowest BCUT2D eigenvalue weighted by Crippen LogP contribution is -2.44. The standard InChI is InChI=1S/C12H15NO4/c14-8-11-7-13(5-6-17-11)10-3-1-9(2-4-10)12(15)16/h1-4,11,14H,5-8H2,(H,15,16). The van der Waals surface area contributed by atoms with Gasteiger partial charge in [-0.2, -0.15) is 0 Å². The molecule has 5 nitrogen and oxygen atoms in total. The molecule has 0 amide bonds. The molecule has 1 aliphatic heterocycles. The number of rotatable bonds is 3. The molecule has 0 radical (unpaired) electrons. The molecule has 5 heteroatoms. The van der Waals surface area contributed by atoms with Crippen molar-refractivity contribution in [2.45, 2.75) is 6.10 Å². The Labute approximate surface area is 99.2 Å². The number of carboxylic acids is 1. The van der Waals surface area contributed by atoms with Crippen LogP contribution in [0.2, 0.25) is 0 Å². The van der Waals surface area contributed by atoms with Crippen molar-refractivity contribution in [1.82, 2.24) is 0 Å². The van der Waals surface area contributed by atoms with E-state index in [9.17, 15) is 4.79 Å². The first kappa shape index (κ1) is 11.9. The van der Waals surface area contributed by atoms with E-state index in [4.69, 9.17) is 14.9 Å². The van der Waals surface area contributed by atoms with Gasteiger partial charge in [0.25, 0.3) is 0 Å². The molecule has 92 valence electrons. The first-order chi connectivity index (χ1) is 8.20. The van der Waals surface area contributed by atoms with Crippen molar-refractivity contribution < 1.29 is 19.7 Å². The number of aliphatic hydroxyl groups excluding tert-OH is 1. The molecule has 1 aliphatic rings. The highest BCUT2D eigenvalue weighted by molar-refractivity contribution is 5.88. The van der Waals surface area contributed by atoms with Crippen molar-refractivity contribution in [3.63, 3.8) is 0 Å². The van der Waals surface area contributed by atoms with Crippen LogP contribution in [0, 0.1) is 0 Å². The fourth-order valence-electron chi connectivity index (χ4n) is 1.88. The largest absolute Gasteiger partial charge is 0.478 e. The molecule has 1 aromatic rings. The fourth-order valence-corrected chi connectivity index (χ4v) is 1.88. The normalized spacial score (nSPS) is 20.3. The third-order valence-electron chi connectivity index (χ3n) is 2.82. The number of carboxylic acid groups (broad SMARTS) is 1. The molecule has 0 bridgehead atoms. The highest BCUT2D eigenvalue weighted by atomic mass is 16.5. The SMILES string of the molecule is O=C(O)c1ccc(N2CCOC(CO)C2)cc1. The predicted octanol–water partition coefficient (Wildman–Crippen LogP) is 0.582. The third-order valence-corrected chi connectivity index (χ3v) is 2.82. The zero-order chi connectivity index (χ0) is 12.3. The van der Waals surface area contributed by atoms with Gasteiger partial charge in [-0.05, 0) is 24.3 Å². The lowest BCUT2D eigenvalue weighted by Gasteiger charge is -2.33. The Morgan fingerprint density at radius 1 is 1.41 bits per heavy atom. The first-order valence-corrected chi connectivity index (χ1v) is 5.51. The van der Waals surface area contributed by atoms with Gasteiger partial charge >= 0.3 is 5.97 Å². The summed E-state index contributed by atoms with van der Waals surface area (Å²) in [4.78, 5) is 12.8. The van der Waals surface area contributed by atoms with Crippen LogP contribution in [0.1, 0.15) is 10.4 Å². The van der Waals surface area contributed by atoms with Crippen molar-refractivity contribution in [1.29, 1.82) is 0 Å².